The Morgan fingerprint density at radius 2 is 0.755 bits per heavy atom. The molecule has 6 nitrogen and oxygen atoms in total. The molecule has 49 heavy (non-hydrogen) atoms. The van der Waals surface area contributed by atoms with Crippen molar-refractivity contribution in [3.05, 3.63) is 190 Å². The Hall–Kier alpha value is -5.24. The Bertz CT molecular complexity index is 1890. The number of aliphatic hydroxyl groups excluding tert-OH is 4. The zero-order valence-corrected chi connectivity index (χ0v) is 27.3. The summed E-state index contributed by atoms with van der Waals surface area (Å²) in [7, 11) is 3.26. The van der Waals surface area contributed by atoms with Crippen LogP contribution in [0.15, 0.2) is 146 Å². The van der Waals surface area contributed by atoms with Crippen molar-refractivity contribution < 1.29 is 29.9 Å². The third-order valence-electron chi connectivity index (χ3n) is 9.79. The van der Waals surface area contributed by atoms with Gasteiger partial charge in [0.05, 0.1) is 19.6 Å². The van der Waals surface area contributed by atoms with Crippen LogP contribution in [0.1, 0.15) is 68.9 Å². The van der Waals surface area contributed by atoms with Gasteiger partial charge in [0, 0.05) is 0 Å². The summed E-state index contributed by atoms with van der Waals surface area (Å²) in [5.41, 5.74) is 7.03. The molecule has 0 radical (unpaired) electrons. The van der Waals surface area contributed by atoms with Gasteiger partial charge in [-0.3, -0.25) is 0 Å². The Kier molecular flexibility index (Phi) is 8.80. The average molecular weight is 651 g/mol. The van der Waals surface area contributed by atoms with Crippen LogP contribution >= 0.6 is 0 Å². The second-order valence-electron chi connectivity index (χ2n) is 12.4. The van der Waals surface area contributed by atoms with Crippen molar-refractivity contribution in [2.24, 2.45) is 0 Å². The first-order chi connectivity index (χ1) is 23.9. The predicted molar refractivity (Wildman–Crippen MR) is 190 cm³/mol. The van der Waals surface area contributed by atoms with Gasteiger partial charge in [-0.2, -0.15) is 0 Å². The van der Waals surface area contributed by atoms with Crippen LogP contribution in [0.3, 0.4) is 0 Å². The molecule has 7 rings (SSSR count). The van der Waals surface area contributed by atoms with E-state index < -0.39 is 29.8 Å². The van der Waals surface area contributed by atoms with Crippen molar-refractivity contribution in [2.75, 3.05) is 14.2 Å². The first-order valence-electron chi connectivity index (χ1n) is 16.3. The summed E-state index contributed by atoms with van der Waals surface area (Å²) in [5, 5.41) is 45.7. The van der Waals surface area contributed by atoms with E-state index in [1.807, 2.05) is 121 Å². The van der Waals surface area contributed by atoms with Gasteiger partial charge in [0.2, 0.25) is 0 Å². The first kappa shape index (κ1) is 32.3. The van der Waals surface area contributed by atoms with E-state index in [-0.39, 0.29) is 0 Å². The normalized spacial score (nSPS) is 15.4. The van der Waals surface area contributed by atoms with Crippen LogP contribution in [0.2, 0.25) is 0 Å². The van der Waals surface area contributed by atoms with Gasteiger partial charge in [-0.25, -0.2) is 0 Å². The Balaban J connectivity index is 1.47. The van der Waals surface area contributed by atoms with Gasteiger partial charge >= 0.3 is 0 Å². The smallest absolute Gasteiger partial charge is 0.118 e. The molecule has 0 fully saturated rings. The van der Waals surface area contributed by atoms with Crippen molar-refractivity contribution in [1.82, 2.24) is 0 Å². The molecule has 4 N–H and O–H groups in total. The summed E-state index contributed by atoms with van der Waals surface area (Å²) in [5.74, 6) is 1.41. The average Bonchev–Trinajstić information content (AvgIpc) is 3.47. The number of rotatable bonds is 10. The molecule has 1 aliphatic rings. The van der Waals surface area contributed by atoms with E-state index in [1.54, 1.807) is 38.5 Å². The van der Waals surface area contributed by atoms with Crippen LogP contribution < -0.4 is 9.47 Å². The lowest BCUT2D eigenvalue weighted by molar-refractivity contribution is 0.0171. The molecule has 4 atom stereocenters. The Morgan fingerprint density at radius 1 is 0.408 bits per heavy atom. The van der Waals surface area contributed by atoms with Gasteiger partial charge < -0.3 is 29.9 Å². The summed E-state index contributed by atoms with van der Waals surface area (Å²) in [4.78, 5) is 0. The lowest BCUT2D eigenvalue weighted by atomic mass is 9.67. The van der Waals surface area contributed by atoms with Crippen LogP contribution in [-0.4, -0.2) is 34.6 Å². The molecule has 1 aliphatic carbocycles. The number of aliphatic hydroxyl groups is 4. The summed E-state index contributed by atoms with van der Waals surface area (Å²) >= 11 is 0. The summed E-state index contributed by atoms with van der Waals surface area (Å²) in [6, 6.07) is 45.8. The van der Waals surface area contributed by atoms with Gasteiger partial charge in [0.1, 0.15) is 35.9 Å². The van der Waals surface area contributed by atoms with Gasteiger partial charge in [0.25, 0.3) is 0 Å². The number of ether oxygens (including phenoxy) is 2. The molecule has 0 saturated carbocycles. The maximum Gasteiger partial charge on any atom is 0.118 e. The number of hydrogen-bond donors (Lipinski definition) is 4. The number of fused-ring (bicyclic) bond motifs is 3. The molecule has 6 aromatic rings. The monoisotopic (exact) mass is 650 g/mol. The summed E-state index contributed by atoms with van der Waals surface area (Å²) in [6.45, 7) is 0. The molecular weight excluding hydrogens is 612 g/mol. The quantitative estimate of drug-likeness (QED) is 0.122. The number of methoxy groups -OCH3 is 2. The maximum absolute atomic E-state index is 11.6. The minimum absolute atomic E-state index is 0.564. The third kappa shape index (κ3) is 5.59. The molecule has 0 saturated heterocycles. The fourth-order valence-corrected chi connectivity index (χ4v) is 7.23. The molecule has 0 aliphatic heterocycles. The summed E-state index contributed by atoms with van der Waals surface area (Å²) < 4.78 is 11.1. The van der Waals surface area contributed by atoms with Gasteiger partial charge in [-0.05, 0) is 79.9 Å². The van der Waals surface area contributed by atoms with Crippen LogP contribution in [0, 0.1) is 0 Å². The second-order valence-corrected chi connectivity index (χ2v) is 12.4. The lowest BCUT2D eigenvalue weighted by Crippen LogP contribution is -2.29. The fourth-order valence-electron chi connectivity index (χ4n) is 7.23. The van der Waals surface area contributed by atoms with E-state index in [4.69, 9.17) is 9.47 Å². The van der Waals surface area contributed by atoms with Crippen molar-refractivity contribution in [1.29, 1.82) is 0 Å². The van der Waals surface area contributed by atoms with Crippen molar-refractivity contribution in [2.45, 2.75) is 29.8 Å². The minimum atomic E-state index is -1.20. The highest BCUT2D eigenvalue weighted by molar-refractivity contribution is 5.87. The first-order valence-corrected chi connectivity index (χ1v) is 16.3. The number of benzene rings is 6. The molecular formula is C43H38O6. The second kappa shape index (κ2) is 13.3. The SMILES string of the molecule is COc1ccc(C2(c3ccc(OC)cc3)c3cc(C(O)C(O)c4ccccc4)ccc3-c3ccc(C(O)C(O)c4ccccc4)cc32)cc1. The molecule has 6 aromatic carbocycles. The van der Waals surface area contributed by atoms with E-state index in [0.29, 0.717) is 33.8 Å². The Morgan fingerprint density at radius 3 is 1.10 bits per heavy atom. The van der Waals surface area contributed by atoms with Crippen molar-refractivity contribution in [3.8, 4) is 22.6 Å². The molecule has 6 heteroatoms. The van der Waals surface area contributed by atoms with E-state index in [1.165, 1.54) is 0 Å². The highest BCUT2D eigenvalue weighted by Gasteiger charge is 2.47. The van der Waals surface area contributed by atoms with E-state index in [0.717, 1.165) is 33.4 Å². The predicted octanol–water partition coefficient (Wildman–Crippen LogP) is 7.60. The molecule has 4 unspecified atom stereocenters. The van der Waals surface area contributed by atoms with Crippen LogP contribution in [0.5, 0.6) is 11.5 Å². The van der Waals surface area contributed by atoms with Gasteiger partial charge in [-0.1, -0.05) is 121 Å². The van der Waals surface area contributed by atoms with Gasteiger partial charge in [-0.15, -0.1) is 0 Å². The Labute approximate surface area is 286 Å². The van der Waals surface area contributed by atoms with Crippen molar-refractivity contribution in [3.63, 3.8) is 0 Å². The van der Waals surface area contributed by atoms with Crippen LogP contribution in [0.4, 0.5) is 0 Å². The molecule has 0 amide bonds. The highest BCUT2D eigenvalue weighted by atomic mass is 16.5. The highest BCUT2D eigenvalue weighted by Crippen LogP contribution is 2.57. The zero-order valence-electron chi connectivity index (χ0n) is 27.3. The van der Waals surface area contributed by atoms with Gasteiger partial charge in [0.15, 0.2) is 0 Å². The largest absolute Gasteiger partial charge is 0.497 e. The topological polar surface area (TPSA) is 99.4 Å². The van der Waals surface area contributed by atoms with Crippen LogP contribution in [0.25, 0.3) is 11.1 Å². The van der Waals surface area contributed by atoms with E-state index in [2.05, 4.69) is 0 Å². The third-order valence-corrected chi connectivity index (χ3v) is 9.79. The summed E-state index contributed by atoms with van der Waals surface area (Å²) in [6.07, 6.45) is -4.67. The fraction of sp³-hybridized carbons (Fsp3) is 0.163. The lowest BCUT2D eigenvalue weighted by Gasteiger charge is -2.35. The molecule has 0 bridgehead atoms. The van der Waals surface area contributed by atoms with Crippen molar-refractivity contribution >= 4 is 0 Å². The zero-order chi connectivity index (χ0) is 34.1. The molecule has 0 spiro atoms. The minimum Gasteiger partial charge on any atom is -0.497 e. The molecule has 0 heterocycles. The van der Waals surface area contributed by atoms with Crippen LogP contribution in [-0.2, 0) is 5.41 Å². The molecule has 0 aromatic heterocycles. The van der Waals surface area contributed by atoms with E-state index >= 15 is 0 Å². The number of hydrogen-bond acceptors (Lipinski definition) is 6. The standard InChI is InChI=1S/C43H38O6/c1-48-33-19-15-31(16-20-33)43(32-17-21-34(49-2)22-18-32)37-25-29(41(46)39(44)27-9-5-3-6-10-27)13-23-35(37)36-24-14-30(26-38(36)43)42(47)40(45)28-11-7-4-8-12-28/h3-26,39-42,44-47H,1-2H3. The molecule has 246 valence electrons. The van der Waals surface area contributed by atoms with E-state index in [9.17, 15) is 20.4 Å². The maximum atomic E-state index is 11.6.